The van der Waals surface area contributed by atoms with Crippen molar-refractivity contribution in [3.63, 3.8) is 0 Å². The highest BCUT2D eigenvalue weighted by Crippen LogP contribution is 2.24. The van der Waals surface area contributed by atoms with Crippen LogP contribution in [0.25, 0.3) is 0 Å². The number of ether oxygens (including phenoxy) is 2. The van der Waals surface area contributed by atoms with Gasteiger partial charge in [-0.3, -0.25) is 4.79 Å². The highest BCUT2D eigenvalue weighted by Gasteiger charge is 2.46. The van der Waals surface area contributed by atoms with Gasteiger partial charge < -0.3 is 35.8 Å². The van der Waals surface area contributed by atoms with Crippen LogP contribution in [0.1, 0.15) is 6.92 Å². The topological polar surface area (TPSA) is 134 Å². The van der Waals surface area contributed by atoms with Gasteiger partial charge in [0.05, 0.1) is 6.61 Å². The van der Waals surface area contributed by atoms with Gasteiger partial charge in [-0.05, 0) is 24.3 Å². The second-order valence-corrected chi connectivity index (χ2v) is 5.12. The van der Waals surface area contributed by atoms with Gasteiger partial charge in [0, 0.05) is 12.6 Å². The number of rotatable bonds is 4. The lowest BCUT2D eigenvalue weighted by Crippen LogP contribution is -2.65. The number of aliphatic hydroxyl groups is 3. The van der Waals surface area contributed by atoms with E-state index in [0.29, 0.717) is 11.4 Å². The average Bonchev–Trinajstić information content (AvgIpc) is 2.48. The average molecular weight is 312 g/mol. The van der Waals surface area contributed by atoms with Gasteiger partial charge in [-0.15, -0.1) is 0 Å². The lowest BCUT2D eigenvalue weighted by molar-refractivity contribution is -0.244. The molecule has 0 aromatic heterocycles. The van der Waals surface area contributed by atoms with Crippen LogP contribution in [-0.2, 0) is 9.53 Å². The minimum Gasteiger partial charge on any atom is -0.463 e. The molecule has 8 heteroatoms. The van der Waals surface area contributed by atoms with Gasteiger partial charge in [-0.1, -0.05) is 0 Å². The first-order valence-electron chi connectivity index (χ1n) is 6.84. The monoisotopic (exact) mass is 312 g/mol. The van der Waals surface area contributed by atoms with E-state index in [1.165, 1.54) is 6.92 Å². The van der Waals surface area contributed by atoms with Gasteiger partial charge in [-0.25, -0.2) is 0 Å². The summed E-state index contributed by atoms with van der Waals surface area (Å²) in [4.78, 5) is 11.3. The molecule has 0 radical (unpaired) electrons. The van der Waals surface area contributed by atoms with Crippen molar-refractivity contribution in [1.82, 2.24) is 5.32 Å². The highest BCUT2D eigenvalue weighted by molar-refractivity contribution is 5.73. The fourth-order valence-electron chi connectivity index (χ4n) is 2.25. The number of amides is 1. The maximum Gasteiger partial charge on any atom is 0.223 e. The molecule has 5 atom stereocenters. The molecule has 1 aromatic rings. The molecule has 22 heavy (non-hydrogen) atoms. The summed E-state index contributed by atoms with van der Waals surface area (Å²) >= 11 is 0. The molecule has 6 N–H and O–H groups in total. The van der Waals surface area contributed by atoms with E-state index in [2.05, 4.69) is 5.32 Å². The summed E-state index contributed by atoms with van der Waals surface area (Å²) in [5.41, 5.74) is 6.14. The third kappa shape index (κ3) is 3.66. The number of hydrogen-bond acceptors (Lipinski definition) is 7. The van der Waals surface area contributed by atoms with Crippen molar-refractivity contribution >= 4 is 11.6 Å². The number of aliphatic hydroxyl groups excluding tert-OH is 3. The molecule has 0 aliphatic carbocycles. The molecular formula is C14H20N2O6. The highest BCUT2D eigenvalue weighted by atomic mass is 16.7. The van der Waals surface area contributed by atoms with Gasteiger partial charge >= 0.3 is 0 Å². The van der Waals surface area contributed by atoms with E-state index >= 15 is 0 Å². The number of carbonyl (C=O) groups excluding carboxylic acids is 1. The predicted molar refractivity (Wildman–Crippen MR) is 76.8 cm³/mol. The summed E-state index contributed by atoms with van der Waals surface area (Å²) < 4.78 is 11.0. The second-order valence-electron chi connectivity index (χ2n) is 5.12. The van der Waals surface area contributed by atoms with Crippen molar-refractivity contribution in [2.45, 2.75) is 37.6 Å². The van der Waals surface area contributed by atoms with E-state index in [1.54, 1.807) is 24.3 Å². The molecule has 1 amide bonds. The first-order chi connectivity index (χ1) is 10.4. The number of carbonyl (C=O) groups is 1. The maximum absolute atomic E-state index is 11.3. The molecule has 1 aliphatic heterocycles. The zero-order valence-corrected chi connectivity index (χ0v) is 12.0. The van der Waals surface area contributed by atoms with Crippen LogP contribution in [0.15, 0.2) is 24.3 Å². The van der Waals surface area contributed by atoms with Crippen molar-refractivity contribution in [3.05, 3.63) is 24.3 Å². The zero-order valence-electron chi connectivity index (χ0n) is 12.0. The summed E-state index contributed by atoms with van der Waals surface area (Å²) in [6.45, 7) is 0.782. The van der Waals surface area contributed by atoms with Gasteiger partial charge in [0.15, 0.2) is 0 Å². The normalized spacial score (nSPS) is 31.5. The number of benzene rings is 1. The zero-order chi connectivity index (χ0) is 16.3. The van der Waals surface area contributed by atoms with Crippen LogP contribution in [0.3, 0.4) is 0 Å². The van der Waals surface area contributed by atoms with Crippen LogP contribution < -0.4 is 15.8 Å². The van der Waals surface area contributed by atoms with Crippen LogP contribution in [-0.4, -0.2) is 58.5 Å². The Bertz CT molecular complexity index is 509. The van der Waals surface area contributed by atoms with Gasteiger partial charge in [-0.2, -0.15) is 0 Å². The molecule has 0 unspecified atom stereocenters. The molecule has 2 rings (SSSR count). The Balaban J connectivity index is 2.18. The fourth-order valence-corrected chi connectivity index (χ4v) is 2.25. The Hall–Kier alpha value is -1.87. The molecule has 1 aliphatic rings. The standard InChI is InChI=1S/C14H20N2O6/c1-7(18)16-11-13(20)12(19)10(6-17)22-14(11)21-9-4-2-8(15)3-5-9/h2-5,10-14,17,19-20H,6,15H2,1H3,(H,16,18)/t10-,11+,12-,13-,14+/m1/s1. The van der Waals surface area contributed by atoms with Gasteiger partial charge in [0.1, 0.15) is 30.1 Å². The smallest absolute Gasteiger partial charge is 0.223 e. The van der Waals surface area contributed by atoms with E-state index in [0.717, 1.165) is 0 Å². The van der Waals surface area contributed by atoms with Crippen molar-refractivity contribution < 1.29 is 29.6 Å². The van der Waals surface area contributed by atoms with E-state index < -0.39 is 43.2 Å². The SMILES string of the molecule is CC(=O)N[C@@H]1[C@@H](Oc2ccc(N)cc2)O[C@H](CO)[C@@H](O)[C@@H]1O. The molecular weight excluding hydrogens is 292 g/mol. The maximum atomic E-state index is 11.3. The summed E-state index contributed by atoms with van der Waals surface area (Å²) in [5, 5.41) is 31.7. The van der Waals surface area contributed by atoms with Crippen LogP contribution in [0.5, 0.6) is 5.75 Å². The Kier molecular flexibility index (Phi) is 5.19. The van der Waals surface area contributed by atoms with E-state index in [4.69, 9.17) is 15.2 Å². The Morgan fingerprint density at radius 3 is 2.50 bits per heavy atom. The Labute approximate surface area is 127 Å². The first kappa shape index (κ1) is 16.5. The lowest BCUT2D eigenvalue weighted by atomic mass is 9.97. The minimum atomic E-state index is -1.34. The largest absolute Gasteiger partial charge is 0.463 e. The van der Waals surface area contributed by atoms with E-state index in [9.17, 15) is 20.1 Å². The fraction of sp³-hybridized carbons (Fsp3) is 0.500. The van der Waals surface area contributed by atoms with Crippen LogP contribution >= 0.6 is 0 Å². The summed E-state index contributed by atoms with van der Waals surface area (Å²) in [6.07, 6.45) is -4.76. The molecule has 1 aromatic carbocycles. The number of nitrogens with two attached hydrogens (primary N) is 1. The van der Waals surface area contributed by atoms with Crippen molar-refractivity contribution in [3.8, 4) is 5.75 Å². The number of nitrogen functional groups attached to an aromatic ring is 1. The molecule has 1 fully saturated rings. The van der Waals surface area contributed by atoms with Crippen molar-refractivity contribution in [1.29, 1.82) is 0 Å². The second kappa shape index (κ2) is 6.93. The molecule has 122 valence electrons. The van der Waals surface area contributed by atoms with E-state index in [1.807, 2.05) is 0 Å². The number of anilines is 1. The first-order valence-corrected chi connectivity index (χ1v) is 6.84. The van der Waals surface area contributed by atoms with Crippen LogP contribution in [0.4, 0.5) is 5.69 Å². The van der Waals surface area contributed by atoms with E-state index in [-0.39, 0.29) is 0 Å². The predicted octanol–water partition coefficient (Wildman–Crippen LogP) is -1.41. The summed E-state index contributed by atoms with van der Waals surface area (Å²) in [5.74, 6) is 0.00281. The van der Waals surface area contributed by atoms with Gasteiger partial charge in [0.2, 0.25) is 12.2 Å². The Morgan fingerprint density at radius 1 is 1.32 bits per heavy atom. The molecule has 0 saturated carbocycles. The summed E-state index contributed by atoms with van der Waals surface area (Å²) in [6, 6.07) is 5.48. The molecule has 8 nitrogen and oxygen atoms in total. The number of nitrogens with one attached hydrogen (secondary N) is 1. The molecule has 0 spiro atoms. The van der Waals surface area contributed by atoms with Crippen LogP contribution in [0.2, 0.25) is 0 Å². The quantitative estimate of drug-likeness (QED) is 0.431. The summed E-state index contributed by atoms with van der Waals surface area (Å²) in [7, 11) is 0. The molecule has 1 saturated heterocycles. The lowest BCUT2D eigenvalue weighted by Gasteiger charge is -2.42. The number of hydrogen-bond donors (Lipinski definition) is 5. The van der Waals surface area contributed by atoms with Crippen LogP contribution in [0, 0.1) is 0 Å². The van der Waals surface area contributed by atoms with Crippen molar-refractivity contribution in [2.75, 3.05) is 12.3 Å². The third-order valence-corrected chi connectivity index (χ3v) is 3.38. The molecule has 0 bridgehead atoms. The third-order valence-electron chi connectivity index (χ3n) is 3.38. The van der Waals surface area contributed by atoms with Crippen molar-refractivity contribution in [2.24, 2.45) is 0 Å². The molecule has 1 heterocycles. The minimum absolute atomic E-state index is 0.409. The van der Waals surface area contributed by atoms with Gasteiger partial charge in [0.25, 0.3) is 0 Å². The Morgan fingerprint density at radius 2 is 1.95 bits per heavy atom.